The molecule has 0 amide bonds. The first-order valence-corrected chi connectivity index (χ1v) is 9.22. The van der Waals surface area contributed by atoms with Gasteiger partial charge < -0.3 is 14.7 Å². The number of esters is 1. The van der Waals surface area contributed by atoms with Crippen LogP contribution in [0, 0.1) is 6.92 Å². The standard InChI is InChI=1S/C20H24ClN3O3/c1-4-24(5-2)10-11-27-20(26)15-6-8-16(9-7-15)22-23-18-13-17(21)14(3)12-19(18)25/h6-9,12-13,25H,4-5,10-11H2,1-3H3. The first kappa shape index (κ1) is 20.9. The van der Waals surface area contributed by atoms with Crippen molar-refractivity contribution < 1.29 is 14.6 Å². The fraction of sp³-hybridized carbons (Fsp3) is 0.350. The van der Waals surface area contributed by atoms with Gasteiger partial charge in [0.05, 0.1) is 11.3 Å². The zero-order valence-corrected chi connectivity index (χ0v) is 16.5. The van der Waals surface area contributed by atoms with Crippen molar-refractivity contribution >= 4 is 28.9 Å². The van der Waals surface area contributed by atoms with Crippen molar-refractivity contribution in [1.29, 1.82) is 0 Å². The van der Waals surface area contributed by atoms with Gasteiger partial charge in [0.15, 0.2) is 0 Å². The summed E-state index contributed by atoms with van der Waals surface area (Å²) in [5, 5.41) is 18.5. The molecular formula is C20H24ClN3O3. The number of nitrogens with zero attached hydrogens (tertiary/aromatic N) is 3. The Balaban J connectivity index is 1.96. The van der Waals surface area contributed by atoms with Crippen molar-refractivity contribution in [3.05, 3.63) is 52.5 Å². The van der Waals surface area contributed by atoms with Gasteiger partial charge in [0.25, 0.3) is 0 Å². The number of aryl methyl sites for hydroxylation is 1. The van der Waals surface area contributed by atoms with Crippen LogP contribution in [0.2, 0.25) is 5.02 Å². The van der Waals surface area contributed by atoms with E-state index in [1.807, 2.05) is 0 Å². The Hall–Kier alpha value is -2.44. The minimum Gasteiger partial charge on any atom is -0.506 e. The maximum absolute atomic E-state index is 12.1. The summed E-state index contributed by atoms with van der Waals surface area (Å²) in [4.78, 5) is 14.2. The van der Waals surface area contributed by atoms with Crippen molar-refractivity contribution in [3.63, 3.8) is 0 Å². The highest BCUT2D eigenvalue weighted by atomic mass is 35.5. The molecule has 1 N–H and O–H groups in total. The van der Waals surface area contributed by atoms with E-state index < -0.39 is 0 Å². The van der Waals surface area contributed by atoms with Crippen molar-refractivity contribution in [2.24, 2.45) is 10.2 Å². The summed E-state index contributed by atoms with van der Waals surface area (Å²) in [5.41, 5.74) is 2.04. The summed E-state index contributed by atoms with van der Waals surface area (Å²) in [6.45, 7) is 8.86. The number of carbonyl (C=O) groups excluding carboxylic acids is 1. The maximum atomic E-state index is 12.1. The number of rotatable bonds is 8. The molecule has 2 aromatic rings. The lowest BCUT2D eigenvalue weighted by molar-refractivity contribution is 0.0466. The first-order chi connectivity index (χ1) is 12.9. The molecule has 0 aliphatic rings. The quantitative estimate of drug-likeness (QED) is 0.493. The highest BCUT2D eigenvalue weighted by molar-refractivity contribution is 6.31. The predicted molar refractivity (Wildman–Crippen MR) is 107 cm³/mol. The summed E-state index contributed by atoms with van der Waals surface area (Å²) in [7, 11) is 0. The van der Waals surface area contributed by atoms with E-state index in [2.05, 4.69) is 29.0 Å². The summed E-state index contributed by atoms with van der Waals surface area (Å²) in [6, 6.07) is 9.69. The van der Waals surface area contributed by atoms with Gasteiger partial charge in [-0.2, -0.15) is 5.11 Å². The SMILES string of the molecule is CCN(CC)CCOC(=O)c1ccc(N=Nc2cc(Cl)c(C)cc2O)cc1. The zero-order valence-electron chi connectivity index (χ0n) is 15.8. The van der Waals surface area contributed by atoms with Crippen LogP contribution in [0.3, 0.4) is 0 Å². The third kappa shape index (κ3) is 6.05. The van der Waals surface area contributed by atoms with E-state index in [9.17, 15) is 9.90 Å². The molecule has 0 heterocycles. The molecular weight excluding hydrogens is 366 g/mol. The summed E-state index contributed by atoms with van der Waals surface area (Å²) >= 11 is 6.04. The average molecular weight is 390 g/mol. The Morgan fingerprint density at radius 3 is 2.44 bits per heavy atom. The van der Waals surface area contributed by atoms with Gasteiger partial charge >= 0.3 is 5.97 Å². The molecule has 0 saturated carbocycles. The van der Waals surface area contributed by atoms with Crippen LogP contribution < -0.4 is 0 Å². The third-order valence-electron chi connectivity index (χ3n) is 4.17. The molecule has 0 radical (unpaired) electrons. The van der Waals surface area contributed by atoms with Crippen LogP contribution in [0.1, 0.15) is 29.8 Å². The van der Waals surface area contributed by atoms with E-state index >= 15 is 0 Å². The van der Waals surface area contributed by atoms with Crippen molar-refractivity contribution in [3.8, 4) is 5.75 Å². The lowest BCUT2D eigenvalue weighted by atomic mass is 10.2. The lowest BCUT2D eigenvalue weighted by Crippen LogP contribution is -2.27. The Kier molecular flexibility index (Phi) is 7.76. The topological polar surface area (TPSA) is 74.5 Å². The van der Waals surface area contributed by atoms with Gasteiger partial charge in [0, 0.05) is 11.6 Å². The largest absolute Gasteiger partial charge is 0.506 e. The number of ether oxygens (including phenoxy) is 1. The fourth-order valence-electron chi connectivity index (χ4n) is 2.40. The third-order valence-corrected chi connectivity index (χ3v) is 4.57. The number of likely N-dealkylation sites (N-methyl/N-ethyl adjacent to an activating group) is 1. The molecule has 2 aromatic carbocycles. The Morgan fingerprint density at radius 2 is 1.81 bits per heavy atom. The maximum Gasteiger partial charge on any atom is 0.338 e. The highest BCUT2D eigenvalue weighted by Crippen LogP contribution is 2.33. The van der Waals surface area contributed by atoms with Crippen LogP contribution in [0.4, 0.5) is 11.4 Å². The molecule has 0 aromatic heterocycles. The van der Waals surface area contributed by atoms with E-state index in [1.54, 1.807) is 37.3 Å². The van der Waals surface area contributed by atoms with Crippen LogP contribution in [0.15, 0.2) is 46.6 Å². The predicted octanol–water partition coefficient (Wildman–Crippen LogP) is 5.27. The molecule has 7 heteroatoms. The second-order valence-electron chi connectivity index (χ2n) is 6.00. The van der Waals surface area contributed by atoms with E-state index in [4.69, 9.17) is 16.3 Å². The minimum absolute atomic E-state index is 0.00838. The first-order valence-electron chi connectivity index (χ1n) is 8.85. The number of halogens is 1. The second-order valence-corrected chi connectivity index (χ2v) is 6.41. The minimum atomic E-state index is -0.367. The van der Waals surface area contributed by atoms with Crippen LogP contribution in [0.5, 0.6) is 5.75 Å². The van der Waals surface area contributed by atoms with Gasteiger partial charge in [-0.3, -0.25) is 0 Å². The Labute approximate surface area is 164 Å². The molecule has 0 bridgehead atoms. The number of azo groups is 1. The number of carbonyl (C=O) groups is 1. The number of aromatic hydroxyl groups is 1. The molecule has 0 atom stereocenters. The smallest absolute Gasteiger partial charge is 0.338 e. The zero-order chi connectivity index (χ0) is 19.8. The molecule has 0 unspecified atom stereocenters. The molecule has 27 heavy (non-hydrogen) atoms. The fourth-order valence-corrected chi connectivity index (χ4v) is 2.56. The van der Waals surface area contributed by atoms with Gasteiger partial charge in [0.1, 0.15) is 18.0 Å². The molecule has 144 valence electrons. The molecule has 0 fully saturated rings. The highest BCUT2D eigenvalue weighted by Gasteiger charge is 2.08. The van der Waals surface area contributed by atoms with E-state index in [0.717, 1.165) is 18.7 Å². The molecule has 0 saturated heterocycles. The summed E-state index contributed by atoms with van der Waals surface area (Å²) in [6.07, 6.45) is 0. The van der Waals surface area contributed by atoms with Gasteiger partial charge in [-0.25, -0.2) is 4.79 Å². The Morgan fingerprint density at radius 1 is 1.15 bits per heavy atom. The normalized spacial score (nSPS) is 11.3. The number of hydrogen-bond donors (Lipinski definition) is 1. The molecule has 2 rings (SSSR count). The lowest BCUT2D eigenvalue weighted by Gasteiger charge is -2.17. The van der Waals surface area contributed by atoms with Crippen LogP contribution >= 0.6 is 11.6 Å². The summed E-state index contributed by atoms with van der Waals surface area (Å²) in [5.74, 6) is -0.359. The van der Waals surface area contributed by atoms with Gasteiger partial charge in [-0.1, -0.05) is 25.4 Å². The Bertz CT molecular complexity index is 803. The van der Waals surface area contributed by atoms with Crippen LogP contribution in [-0.4, -0.2) is 42.2 Å². The number of benzene rings is 2. The van der Waals surface area contributed by atoms with Gasteiger partial charge in [0.2, 0.25) is 0 Å². The van der Waals surface area contributed by atoms with Gasteiger partial charge in [-0.05, 0) is 62.0 Å². The monoisotopic (exact) mass is 389 g/mol. The van der Waals surface area contributed by atoms with Crippen LogP contribution in [-0.2, 0) is 4.74 Å². The molecule has 0 spiro atoms. The van der Waals surface area contributed by atoms with Gasteiger partial charge in [-0.15, -0.1) is 5.11 Å². The van der Waals surface area contributed by atoms with E-state index in [0.29, 0.717) is 29.4 Å². The van der Waals surface area contributed by atoms with E-state index in [-0.39, 0.29) is 17.4 Å². The van der Waals surface area contributed by atoms with Crippen molar-refractivity contribution in [1.82, 2.24) is 4.90 Å². The van der Waals surface area contributed by atoms with Crippen molar-refractivity contribution in [2.45, 2.75) is 20.8 Å². The van der Waals surface area contributed by atoms with Crippen LogP contribution in [0.25, 0.3) is 0 Å². The van der Waals surface area contributed by atoms with Crippen molar-refractivity contribution in [2.75, 3.05) is 26.2 Å². The molecule has 0 aliphatic heterocycles. The molecule has 0 aliphatic carbocycles. The summed E-state index contributed by atoms with van der Waals surface area (Å²) < 4.78 is 5.29. The number of phenolic OH excluding ortho intramolecular Hbond substituents is 1. The number of hydrogen-bond acceptors (Lipinski definition) is 6. The second kappa shape index (κ2) is 10.0. The average Bonchev–Trinajstić information content (AvgIpc) is 2.67. The van der Waals surface area contributed by atoms with E-state index in [1.165, 1.54) is 6.07 Å². The number of phenols is 1. The molecule has 6 nitrogen and oxygen atoms in total.